The van der Waals surface area contributed by atoms with E-state index < -0.39 is 0 Å². The number of anilines is 1. The van der Waals surface area contributed by atoms with E-state index >= 15 is 0 Å². The van der Waals surface area contributed by atoms with Crippen LogP contribution in [0.3, 0.4) is 0 Å². The number of pyridine rings is 1. The van der Waals surface area contributed by atoms with Crippen molar-refractivity contribution in [3.8, 4) is 11.1 Å². The number of para-hydroxylation sites is 1. The molecule has 0 fully saturated rings. The van der Waals surface area contributed by atoms with Crippen LogP contribution in [0.4, 0.5) is 5.82 Å². The largest absolute Gasteiger partial charge is 0.443 e. The van der Waals surface area contributed by atoms with Crippen LogP contribution in [0.2, 0.25) is 0 Å². The van der Waals surface area contributed by atoms with E-state index in [4.69, 9.17) is 4.42 Å². The summed E-state index contributed by atoms with van der Waals surface area (Å²) in [7, 11) is 1.89. The number of carbonyl (C=O) groups is 1. The molecule has 0 saturated heterocycles. The number of aryl methyl sites for hydroxylation is 1. The monoisotopic (exact) mass is 369 g/mol. The van der Waals surface area contributed by atoms with E-state index in [9.17, 15) is 4.79 Å². The lowest BCUT2D eigenvalue weighted by atomic mass is 10.0. The number of amides is 1. The van der Waals surface area contributed by atoms with E-state index in [0.717, 1.165) is 21.9 Å². The third-order valence-electron chi connectivity index (χ3n) is 4.61. The zero-order valence-corrected chi connectivity index (χ0v) is 15.0. The van der Waals surface area contributed by atoms with Crippen molar-refractivity contribution < 1.29 is 9.21 Å². The molecule has 7 nitrogen and oxygen atoms in total. The molecule has 136 valence electrons. The van der Waals surface area contributed by atoms with Crippen molar-refractivity contribution in [2.24, 2.45) is 7.05 Å². The van der Waals surface area contributed by atoms with Gasteiger partial charge in [-0.1, -0.05) is 18.2 Å². The van der Waals surface area contributed by atoms with Gasteiger partial charge in [-0.25, -0.2) is 9.97 Å². The number of hydrogen-bond donors (Lipinski definition) is 1. The topological polar surface area (TPSA) is 85.8 Å². The average Bonchev–Trinajstić information content (AvgIpc) is 3.36. The van der Waals surface area contributed by atoms with Crippen LogP contribution in [0.5, 0.6) is 0 Å². The average molecular weight is 369 g/mol. The Morgan fingerprint density at radius 2 is 1.96 bits per heavy atom. The van der Waals surface area contributed by atoms with E-state index in [2.05, 4.69) is 26.4 Å². The Morgan fingerprint density at radius 1 is 1.04 bits per heavy atom. The van der Waals surface area contributed by atoms with Crippen LogP contribution < -0.4 is 5.32 Å². The molecule has 0 radical (unpaired) electrons. The number of hydrogen-bond acceptors (Lipinski definition) is 5. The smallest absolute Gasteiger partial charge is 0.259 e. The Morgan fingerprint density at radius 3 is 2.82 bits per heavy atom. The highest BCUT2D eigenvalue weighted by atomic mass is 16.3. The van der Waals surface area contributed by atoms with E-state index in [0.29, 0.717) is 22.5 Å². The second kappa shape index (κ2) is 6.31. The lowest BCUT2D eigenvalue weighted by Gasteiger charge is -2.07. The Kier molecular flexibility index (Phi) is 3.65. The van der Waals surface area contributed by atoms with Gasteiger partial charge < -0.3 is 9.73 Å². The second-order valence-corrected chi connectivity index (χ2v) is 6.49. The SMILES string of the molecule is Cn1cc(-c2ccc3cnc(NC(=O)c4cccc5ocnc45)cc3c2)cn1. The Hall–Kier alpha value is -4.00. The Balaban J connectivity index is 1.49. The van der Waals surface area contributed by atoms with Crippen molar-refractivity contribution in [3.05, 3.63) is 73.0 Å². The summed E-state index contributed by atoms with van der Waals surface area (Å²) in [6.45, 7) is 0. The first-order chi connectivity index (χ1) is 13.7. The molecular formula is C21H15N5O2. The normalized spacial score (nSPS) is 11.2. The van der Waals surface area contributed by atoms with Crippen LogP contribution >= 0.6 is 0 Å². The van der Waals surface area contributed by atoms with Crippen molar-refractivity contribution in [2.45, 2.75) is 0 Å². The van der Waals surface area contributed by atoms with Gasteiger partial charge in [0.25, 0.3) is 5.91 Å². The minimum absolute atomic E-state index is 0.283. The van der Waals surface area contributed by atoms with Crippen LogP contribution in [0.25, 0.3) is 33.0 Å². The van der Waals surface area contributed by atoms with Crippen LogP contribution in [0, 0.1) is 0 Å². The van der Waals surface area contributed by atoms with E-state index in [-0.39, 0.29) is 5.91 Å². The Labute approximate surface area is 159 Å². The zero-order valence-electron chi connectivity index (χ0n) is 15.0. The molecular weight excluding hydrogens is 354 g/mol. The molecule has 0 aliphatic carbocycles. The summed E-state index contributed by atoms with van der Waals surface area (Å²) in [5.41, 5.74) is 3.62. The van der Waals surface area contributed by atoms with E-state index in [1.165, 1.54) is 6.39 Å². The number of fused-ring (bicyclic) bond motifs is 2. The molecule has 0 unspecified atom stereocenters. The molecule has 5 aromatic rings. The summed E-state index contributed by atoms with van der Waals surface area (Å²) in [5.74, 6) is 0.191. The molecule has 7 heteroatoms. The molecule has 0 aliphatic heterocycles. The number of benzene rings is 2. The van der Waals surface area contributed by atoms with E-state index in [1.54, 1.807) is 29.1 Å². The first-order valence-corrected chi connectivity index (χ1v) is 8.70. The predicted molar refractivity (Wildman–Crippen MR) is 106 cm³/mol. The van der Waals surface area contributed by atoms with Gasteiger partial charge in [0, 0.05) is 30.4 Å². The van der Waals surface area contributed by atoms with Crippen molar-refractivity contribution >= 4 is 33.6 Å². The molecule has 5 rings (SSSR count). The number of carbonyl (C=O) groups excluding carboxylic acids is 1. The minimum atomic E-state index is -0.283. The highest BCUT2D eigenvalue weighted by molar-refractivity contribution is 6.11. The van der Waals surface area contributed by atoms with Gasteiger partial charge in [0.05, 0.1) is 11.8 Å². The molecule has 3 aromatic heterocycles. The molecule has 0 bridgehead atoms. The summed E-state index contributed by atoms with van der Waals surface area (Å²) in [6, 6.07) is 13.2. The summed E-state index contributed by atoms with van der Waals surface area (Å²) >= 11 is 0. The molecule has 0 aliphatic rings. The summed E-state index contributed by atoms with van der Waals surface area (Å²) in [6.07, 6.45) is 6.86. The van der Waals surface area contributed by atoms with Crippen LogP contribution in [-0.4, -0.2) is 25.7 Å². The third kappa shape index (κ3) is 2.79. The van der Waals surface area contributed by atoms with Gasteiger partial charge in [-0.3, -0.25) is 9.48 Å². The second-order valence-electron chi connectivity index (χ2n) is 6.49. The van der Waals surface area contributed by atoms with Gasteiger partial charge in [-0.05, 0) is 35.2 Å². The maximum absolute atomic E-state index is 12.7. The van der Waals surface area contributed by atoms with Gasteiger partial charge in [0.15, 0.2) is 12.0 Å². The molecule has 0 spiro atoms. The number of nitrogens with zero attached hydrogens (tertiary/aromatic N) is 4. The van der Waals surface area contributed by atoms with Gasteiger partial charge in [0.2, 0.25) is 0 Å². The number of aromatic nitrogens is 4. The molecule has 2 aromatic carbocycles. The lowest BCUT2D eigenvalue weighted by molar-refractivity contribution is 0.102. The predicted octanol–water partition coefficient (Wildman–Crippen LogP) is 4.03. The zero-order chi connectivity index (χ0) is 19.1. The highest BCUT2D eigenvalue weighted by Crippen LogP contribution is 2.25. The summed E-state index contributed by atoms with van der Waals surface area (Å²) < 4.78 is 7.03. The van der Waals surface area contributed by atoms with Crippen LogP contribution in [-0.2, 0) is 7.05 Å². The fourth-order valence-corrected chi connectivity index (χ4v) is 3.21. The van der Waals surface area contributed by atoms with Crippen LogP contribution in [0.15, 0.2) is 71.9 Å². The molecule has 28 heavy (non-hydrogen) atoms. The van der Waals surface area contributed by atoms with Gasteiger partial charge in [0.1, 0.15) is 11.3 Å². The number of nitrogens with one attached hydrogen (secondary N) is 1. The molecule has 0 atom stereocenters. The summed E-state index contributed by atoms with van der Waals surface area (Å²) in [5, 5.41) is 9.03. The molecule has 3 heterocycles. The van der Waals surface area contributed by atoms with Gasteiger partial charge in [-0.2, -0.15) is 5.10 Å². The first-order valence-electron chi connectivity index (χ1n) is 8.70. The first kappa shape index (κ1) is 16.2. The van der Waals surface area contributed by atoms with Crippen molar-refractivity contribution in [1.29, 1.82) is 0 Å². The summed E-state index contributed by atoms with van der Waals surface area (Å²) in [4.78, 5) is 21.2. The highest BCUT2D eigenvalue weighted by Gasteiger charge is 2.14. The van der Waals surface area contributed by atoms with Crippen LogP contribution in [0.1, 0.15) is 10.4 Å². The molecule has 0 saturated carbocycles. The van der Waals surface area contributed by atoms with Crippen molar-refractivity contribution in [1.82, 2.24) is 19.7 Å². The molecule has 1 N–H and O–H groups in total. The van der Waals surface area contributed by atoms with Crippen molar-refractivity contribution in [2.75, 3.05) is 5.32 Å². The number of oxazole rings is 1. The van der Waals surface area contributed by atoms with Gasteiger partial charge >= 0.3 is 0 Å². The lowest BCUT2D eigenvalue weighted by Crippen LogP contribution is -2.13. The Bertz CT molecular complexity index is 1340. The third-order valence-corrected chi connectivity index (χ3v) is 4.61. The maximum atomic E-state index is 12.7. The van der Waals surface area contributed by atoms with Crippen molar-refractivity contribution in [3.63, 3.8) is 0 Å². The minimum Gasteiger partial charge on any atom is -0.443 e. The fraction of sp³-hybridized carbons (Fsp3) is 0.0476. The molecule has 1 amide bonds. The van der Waals surface area contributed by atoms with E-state index in [1.807, 2.05) is 37.6 Å². The fourth-order valence-electron chi connectivity index (χ4n) is 3.21. The maximum Gasteiger partial charge on any atom is 0.259 e. The quantitative estimate of drug-likeness (QED) is 0.519. The number of rotatable bonds is 3. The van der Waals surface area contributed by atoms with Gasteiger partial charge in [-0.15, -0.1) is 0 Å². The standard InChI is InChI=1S/C21H15N5O2/c1-26-11-16(10-24-26)13-5-6-14-9-22-19(8-15(14)7-13)25-21(27)17-3-2-4-18-20(17)23-12-28-18/h2-12H,1H3,(H,22,25,27).